The van der Waals surface area contributed by atoms with Gasteiger partial charge in [0.1, 0.15) is 0 Å². The molecular weight excluding hydrogens is 166 g/mol. The van der Waals surface area contributed by atoms with Gasteiger partial charge < -0.3 is 10.7 Å². The van der Waals surface area contributed by atoms with Crippen LogP contribution < -0.4 is 11.3 Å². The average molecular weight is 174 g/mol. The van der Waals surface area contributed by atoms with E-state index in [9.17, 15) is 13.6 Å². The Balaban J connectivity index is 3.38. The maximum Gasteiger partial charge on any atom is 0.266 e. The fourth-order valence-electron chi connectivity index (χ4n) is 0.904. The smallest absolute Gasteiger partial charge is 0.266 e. The summed E-state index contributed by atoms with van der Waals surface area (Å²) in [6.45, 7) is 1.47. The van der Waals surface area contributed by atoms with Crippen LogP contribution in [0.5, 0.6) is 0 Å². The van der Waals surface area contributed by atoms with Crippen molar-refractivity contribution in [1.29, 1.82) is 0 Å². The second kappa shape index (κ2) is 2.92. The molecule has 0 fully saturated rings. The molecule has 1 aromatic rings. The van der Waals surface area contributed by atoms with Crippen molar-refractivity contribution < 1.29 is 8.78 Å². The lowest BCUT2D eigenvalue weighted by Crippen LogP contribution is -2.11. The van der Waals surface area contributed by atoms with Crippen molar-refractivity contribution in [3.05, 3.63) is 27.7 Å². The van der Waals surface area contributed by atoms with E-state index in [1.807, 2.05) is 0 Å². The molecule has 5 heteroatoms. The Hall–Kier alpha value is -1.39. The monoisotopic (exact) mass is 174 g/mol. The highest BCUT2D eigenvalue weighted by Gasteiger charge is 2.13. The van der Waals surface area contributed by atoms with Gasteiger partial charge in [-0.1, -0.05) is 0 Å². The lowest BCUT2D eigenvalue weighted by Gasteiger charge is -2.05. The van der Waals surface area contributed by atoms with Gasteiger partial charge in [0, 0.05) is 17.3 Å². The molecule has 0 amide bonds. The normalized spacial score (nSPS) is 10.7. The molecule has 0 unspecified atom stereocenters. The van der Waals surface area contributed by atoms with Gasteiger partial charge >= 0.3 is 0 Å². The van der Waals surface area contributed by atoms with Crippen molar-refractivity contribution in [3.63, 3.8) is 0 Å². The highest BCUT2D eigenvalue weighted by Crippen LogP contribution is 2.24. The minimum absolute atomic E-state index is 0.0513. The Morgan fingerprint density at radius 2 is 2.17 bits per heavy atom. The quantitative estimate of drug-likeness (QED) is 0.672. The van der Waals surface area contributed by atoms with Gasteiger partial charge in [-0.05, 0) is 6.92 Å². The minimum Gasteiger partial charge on any atom is -0.397 e. The number of nitrogen functional groups attached to an aromatic ring is 1. The van der Waals surface area contributed by atoms with E-state index in [1.165, 1.54) is 6.92 Å². The van der Waals surface area contributed by atoms with Gasteiger partial charge in [-0.15, -0.1) is 0 Å². The summed E-state index contributed by atoms with van der Waals surface area (Å²) in [5, 5.41) is 0. The van der Waals surface area contributed by atoms with E-state index in [1.54, 1.807) is 0 Å². The standard InChI is InChI=1S/C7H8F2N2O/c1-3-6(10)4(7(8)9)2-5(12)11-3/h2,7H,10H2,1H3,(H,11,12). The van der Waals surface area contributed by atoms with E-state index in [0.29, 0.717) is 0 Å². The van der Waals surface area contributed by atoms with Crippen molar-refractivity contribution in [3.8, 4) is 0 Å². The van der Waals surface area contributed by atoms with Crippen LogP contribution in [0.4, 0.5) is 14.5 Å². The van der Waals surface area contributed by atoms with Gasteiger partial charge in [-0.2, -0.15) is 0 Å². The number of hydrogen-bond donors (Lipinski definition) is 2. The molecule has 0 aromatic carbocycles. The van der Waals surface area contributed by atoms with E-state index in [2.05, 4.69) is 4.98 Å². The third-order valence-corrected chi connectivity index (χ3v) is 1.55. The molecule has 0 spiro atoms. The summed E-state index contributed by atoms with van der Waals surface area (Å²) in [5.74, 6) is 0. The lowest BCUT2D eigenvalue weighted by molar-refractivity contribution is 0.152. The number of anilines is 1. The van der Waals surface area contributed by atoms with E-state index in [0.717, 1.165) is 6.07 Å². The molecule has 3 nitrogen and oxygen atoms in total. The first kappa shape index (κ1) is 8.70. The fraction of sp³-hybridized carbons (Fsp3) is 0.286. The van der Waals surface area contributed by atoms with Gasteiger partial charge in [0.05, 0.1) is 5.69 Å². The maximum atomic E-state index is 12.2. The maximum absolute atomic E-state index is 12.2. The first-order valence-electron chi connectivity index (χ1n) is 3.30. The number of aryl methyl sites for hydroxylation is 1. The largest absolute Gasteiger partial charge is 0.397 e. The molecule has 0 saturated carbocycles. The van der Waals surface area contributed by atoms with E-state index in [-0.39, 0.29) is 11.4 Å². The van der Waals surface area contributed by atoms with E-state index in [4.69, 9.17) is 5.73 Å². The predicted octanol–water partition coefficient (Wildman–Crippen LogP) is 1.20. The molecule has 0 bridgehead atoms. The SMILES string of the molecule is Cc1[nH]c(=O)cc(C(F)F)c1N. The molecule has 1 aromatic heterocycles. The molecule has 66 valence electrons. The number of aromatic nitrogens is 1. The van der Waals surface area contributed by atoms with Gasteiger partial charge in [0.2, 0.25) is 5.56 Å². The molecular formula is C7H8F2N2O. The summed E-state index contributed by atoms with van der Waals surface area (Å²) in [5.41, 5.74) is 4.56. The number of nitrogens with two attached hydrogens (primary N) is 1. The first-order chi connectivity index (χ1) is 5.52. The van der Waals surface area contributed by atoms with Crippen LogP contribution in [0.1, 0.15) is 17.7 Å². The van der Waals surface area contributed by atoms with Crippen LogP contribution >= 0.6 is 0 Å². The van der Waals surface area contributed by atoms with Crippen molar-refractivity contribution >= 4 is 5.69 Å². The molecule has 0 radical (unpaired) electrons. The Bertz CT molecular complexity index is 346. The second-order valence-electron chi connectivity index (χ2n) is 2.43. The van der Waals surface area contributed by atoms with Gasteiger partial charge in [-0.3, -0.25) is 4.79 Å². The third-order valence-electron chi connectivity index (χ3n) is 1.55. The van der Waals surface area contributed by atoms with E-state index < -0.39 is 17.5 Å². The molecule has 0 aliphatic carbocycles. The zero-order valence-corrected chi connectivity index (χ0v) is 6.40. The molecule has 1 rings (SSSR count). The Kier molecular flexibility index (Phi) is 2.12. The van der Waals surface area contributed by atoms with Crippen LogP contribution in [-0.2, 0) is 0 Å². The lowest BCUT2D eigenvalue weighted by atomic mass is 10.2. The number of aromatic amines is 1. The molecule has 0 aliphatic heterocycles. The molecule has 0 atom stereocenters. The number of nitrogens with one attached hydrogen (secondary N) is 1. The van der Waals surface area contributed by atoms with Crippen LogP contribution in [0, 0.1) is 6.92 Å². The highest BCUT2D eigenvalue weighted by molar-refractivity contribution is 5.50. The average Bonchev–Trinajstić information content (AvgIpc) is 1.96. The van der Waals surface area contributed by atoms with Crippen LogP contribution in [0.25, 0.3) is 0 Å². The van der Waals surface area contributed by atoms with Crippen molar-refractivity contribution in [1.82, 2.24) is 4.98 Å². The molecule has 3 N–H and O–H groups in total. The molecule has 12 heavy (non-hydrogen) atoms. The zero-order chi connectivity index (χ0) is 9.30. The Morgan fingerprint density at radius 3 is 2.67 bits per heavy atom. The minimum atomic E-state index is -2.70. The first-order valence-corrected chi connectivity index (χ1v) is 3.30. The molecule has 1 heterocycles. The molecule has 0 aliphatic rings. The van der Waals surface area contributed by atoms with Crippen molar-refractivity contribution in [2.45, 2.75) is 13.3 Å². The van der Waals surface area contributed by atoms with Crippen molar-refractivity contribution in [2.24, 2.45) is 0 Å². The molecule has 0 saturated heterocycles. The fourth-order valence-corrected chi connectivity index (χ4v) is 0.904. The number of hydrogen-bond acceptors (Lipinski definition) is 2. The van der Waals surface area contributed by atoms with Gasteiger partial charge in [0.15, 0.2) is 0 Å². The van der Waals surface area contributed by atoms with Gasteiger partial charge in [0.25, 0.3) is 6.43 Å². The van der Waals surface area contributed by atoms with Gasteiger partial charge in [-0.25, -0.2) is 8.78 Å². The number of pyridine rings is 1. The van der Waals surface area contributed by atoms with Crippen LogP contribution in [0.3, 0.4) is 0 Å². The summed E-state index contributed by atoms with van der Waals surface area (Å²) in [6, 6.07) is 0.812. The number of halogens is 2. The summed E-state index contributed by atoms with van der Waals surface area (Å²) < 4.78 is 24.3. The number of rotatable bonds is 1. The highest BCUT2D eigenvalue weighted by atomic mass is 19.3. The summed E-state index contributed by atoms with van der Waals surface area (Å²) in [7, 11) is 0. The Morgan fingerprint density at radius 1 is 1.58 bits per heavy atom. The van der Waals surface area contributed by atoms with Crippen LogP contribution in [-0.4, -0.2) is 4.98 Å². The van der Waals surface area contributed by atoms with E-state index >= 15 is 0 Å². The summed E-state index contributed by atoms with van der Waals surface area (Å²) >= 11 is 0. The second-order valence-corrected chi connectivity index (χ2v) is 2.43. The van der Waals surface area contributed by atoms with Crippen LogP contribution in [0.2, 0.25) is 0 Å². The summed E-state index contributed by atoms with van der Waals surface area (Å²) in [4.78, 5) is 13.0. The summed E-state index contributed by atoms with van der Waals surface area (Å²) in [6.07, 6.45) is -2.70. The van der Waals surface area contributed by atoms with Crippen molar-refractivity contribution in [2.75, 3.05) is 5.73 Å². The predicted molar refractivity (Wildman–Crippen MR) is 41.2 cm³/mol. The number of alkyl halides is 2. The topological polar surface area (TPSA) is 58.9 Å². The number of H-pyrrole nitrogens is 1. The Labute approximate surface area is 67.2 Å². The van der Waals surface area contributed by atoms with Crippen LogP contribution in [0.15, 0.2) is 10.9 Å². The third kappa shape index (κ3) is 1.44. The zero-order valence-electron chi connectivity index (χ0n) is 6.40.